The van der Waals surface area contributed by atoms with Crippen LogP contribution in [0.15, 0.2) is 24.3 Å². The Morgan fingerprint density at radius 2 is 1.81 bits per heavy atom. The fourth-order valence-electron chi connectivity index (χ4n) is 1.81. The minimum absolute atomic E-state index is 0.0794. The maximum atomic E-state index is 10.4. The number of carboxylic acids is 1. The van der Waals surface area contributed by atoms with Gasteiger partial charge in [-0.25, -0.2) is 4.79 Å². The van der Waals surface area contributed by atoms with Crippen molar-refractivity contribution in [1.82, 2.24) is 0 Å². The third-order valence-corrected chi connectivity index (χ3v) is 2.82. The lowest BCUT2D eigenvalue weighted by Gasteiger charge is -1.97. The molecule has 0 bridgehead atoms. The van der Waals surface area contributed by atoms with Crippen LogP contribution in [0.5, 0.6) is 0 Å². The van der Waals surface area contributed by atoms with E-state index in [1.54, 1.807) is 0 Å². The Balaban J connectivity index is 0.000000377. The quantitative estimate of drug-likeness (QED) is 0.566. The lowest BCUT2D eigenvalue weighted by atomic mass is 10.2. The Morgan fingerprint density at radius 1 is 1.29 bits per heavy atom. The molecule has 0 heterocycles. The zero-order chi connectivity index (χ0) is 16.4. The van der Waals surface area contributed by atoms with Crippen LogP contribution < -0.4 is 11.5 Å². The molecular weight excluding hydrogens is 274 g/mol. The molecule has 7 heteroatoms. The minimum atomic E-state index is -1.17. The van der Waals surface area contributed by atoms with E-state index in [-0.39, 0.29) is 11.3 Å². The molecule has 118 valence electrons. The summed E-state index contributed by atoms with van der Waals surface area (Å²) in [6.45, 7) is 4.00. The van der Waals surface area contributed by atoms with Gasteiger partial charge in [-0.05, 0) is 25.3 Å². The summed E-state index contributed by atoms with van der Waals surface area (Å²) in [6.07, 6.45) is 3.28. The highest BCUT2D eigenvalue weighted by molar-refractivity contribution is 5.88. The Hall–Kier alpha value is -1.99. The van der Waals surface area contributed by atoms with E-state index in [1.165, 1.54) is 18.2 Å². The first-order chi connectivity index (χ1) is 9.90. The maximum absolute atomic E-state index is 10.4. The van der Waals surface area contributed by atoms with Gasteiger partial charge in [-0.3, -0.25) is 10.1 Å². The molecule has 1 aliphatic rings. The Bertz CT molecular complexity index is 428. The highest BCUT2D eigenvalue weighted by Crippen LogP contribution is 2.14. The fraction of sp³-hybridized carbons (Fsp3) is 0.500. The lowest BCUT2D eigenvalue weighted by Crippen LogP contribution is -2.20. The SMILES string of the molecule is CC.N[C@@H]1CC[C@H](N)C1.O=C(O)c1cccc([N+](=O)[O-])c1. The van der Waals surface area contributed by atoms with E-state index < -0.39 is 10.9 Å². The van der Waals surface area contributed by atoms with Gasteiger partial charge < -0.3 is 16.6 Å². The number of nitro benzene ring substituents is 1. The number of benzene rings is 1. The Kier molecular flexibility index (Phi) is 8.91. The second kappa shape index (κ2) is 9.84. The van der Waals surface area contributed by atoms with Crippen LogP contribution in [0.4, 0.5) is 5.69 Å². The summed E-state index contributed by atoms with van der Waals surface area (Å²) in [4.78, 5) is 19.9. The van der Waals surface area contributed by atoms with Crippen molar-refractivity contribution >= 4 is 11.7 Å². The van der Waals surface area contributed by atoms with Gasteiger partial charge in [-0.1, -0.05) is 19.9 Å². The number of nitrogens with zero attached hydrogens (tertiary/aromatic N) is 1. The monoisotopic (exact) mass is 297 g/mol. The molecule has 1 saturated carbocycles. The summed E-state index contributed by atoms with van der Waals surface area (Å²) in [5.41, 5.74) is 10.8. The van der Waals surface area contributed by atoms with Crippen molar-refractivity contribution in [3.63, 3.8) is 0 Å². The molecule has 0 aliphatic heterocycles. The summed E-state index contributed by atoms with van der Waals surface area (Å²) in [7, 11) is 0. The largest absolute Gasteiger partial charge is 0.478 e. The number of hydrogen-bond acceptors (Lipinski definition) is 5. The Labute approximate surface area is 124 Å². The summed E-state index contributed by atoms with van der Waals surface area (Å²) >= 11 is 0. The summed E-state index contributed by atoms with van der Waals surface area (Å²) < 4.78 is 0. The first kappa shape index (κ1) is 19.0. The third-order valence-electron chi connectivity index (χ3n) is 2.82. The second-order valence-electron chi connectivity index (χ2n) is 4.45. The number of non-ortho nitro benzene ring substituents is 1. The third kappa shape index (κ3) is 7.38. The van der Waals surface area contributed by atoms with Crippen LogP contribution in [0, 0.1) is 10.1 Å². The van der Waals surface area contributed by atoms with Crippen LogP contribution >= 0.6 is 0 Å². The average molecular weight is 297 g/mol. The van der Waals surface area contributed by atoms with Crippen molar-refractivity contribution in [2.24, 2.45) is 11.5 Å². The van der Waals surface area contributed by atoms with Gasteiger partial charge in [0.05, 0.1) is 10.5 Å². The molecule has 0 saturated heterocycles. The minimum Gasteiger partial charge on any atom is -0.478 e. The molecule has 2 rings (SSSR count). The van der Waals surface area contributed by atoms with Gasteiger partial charge in [0.1, 0.15) is 0 Å². The number of carboxylic acid groups (broad SMARTS) is 1. The molecule has 5 N–H and O–H groups in total. The number of nitrogens with two attached hydrogens (primary N) is 2. The predicted octanol–water partition coefficient (Wildman–Crippen LogP) is 2.14. The standard InChI is InChI=1S/C7H5NO4.C5H12N2.C2H6/c9-7(10)5-2-1-3-6(4-5)8(11)12;6-4-1-2-5(7)3-4;1-2/h1-4H,(H,9,10);4-5H,1-3,6-7H2;1-2H3/t;4-,5+;. The summed E-state index contributed by atoms with van der Waals surface area (Å²) in [6, 6.07) is 5.69. The van der Waals surface area contributed by atoms with Crippen LogP contribution in [0.2, 0.25) is 0 Å². The highest BCUT2D eigenvalue weighted by atomic mass is 16.6. The van der Waals surface area contributed by atoms with E-state index in [2.05, 4.69) is 0 Å². The molecular formula is C14H23N3O4. The van der Waals surface area contributed by atoms with Crippen LogP contribution in [0.3, 0.4) is 0 Å². The van der Waals surface area contributed by atoms with Crippen LogP contribution in [-0.2, 0) is 0 Å². The molecule has 0 unspecified atom stereocenters. The predicted molar refractivity (Wildman–Crippen MR) is 81.2 cm³/mol. The molecule has 0 amide bonds. The summed E-state index contributed by atoms with van der Waals surface area (Å²) in [5, 5.41) is 18.7. The smallest absolute Gasteiger partial charge is 0.335 e. The first-order valence-electron chi connectivity index (χ1n) is 6.89. The van der Waals surface area contributed by atoms with Gasteiger partial charge in [0, 0.05) is 24.2 Å². The van der Waals surface area contributed by atoms with Crippen molar-refractivity contribution in [1.29, 1.82) is 0 Å². The van der Waals surface area contributed by atoms with Crippen molar-refractivity contribution in [3.05, 3.63) is 39.9 Å². The van der Waals surface area contributed by atoms with Crippen LogP contribution in [0.25, 0.3) is 0 Å². The molecule has 2 atom stereocenters. The summed E-state index contributed by atoms with van der Waals surface area (Å²) in [5.74, 6) is -1.17. The zero-order valence-corrected chi connectivity index (χ0v) is 12.4. The molecule has 1 aliphatic carbocycles. The molecule has 1 aromatic carbocycles. The number of aromatic carboxylic acids is 1. The van der Waals surface area contributed by atoms with E-state index in [0.29, 0.717) is 12.1 Å². The fourth-order valence-corrected chi connectivity index (χ4v) is 1.81. The van der Waals surface area contributed by atoms with Crippen molar-refractivity contribution in [2.75, 3.05) is 0 Å². The van der Waals surface area contributed by atoms with Gasteiger partial charge in [-0.15, -0.1) is 0 Å². The van der Waals surface area contributed by atoms with E-state index in [0.717, 1.165) is 25.3 Å². The van der Waals surface area contributed by atoms with E-state index >= 15 is 0 Å². The number of hydrogen-bond donors (Lipinski definition) is 3. The van der Waals surface area contributed by atoms with Crippen molar-refractivity contribution in [3.8, 4) is 0 Å². The van der Waals surface area contributed by atoms with Crippen molar-refractivity contribution in [2.45, 2.75) is 45.2 Å². The second-order valence-corrected chi connectivity index (χ2v) is 4.45. The molecule has 0 spiro atoms. The molecule has 1 aromatic rings. The Morgan fingerprint density at radius 3 is 2.14 bits per heavy atom. The molecule has 0 radical (unpaired) electrons. The molecule has 1 fully saturated rings. The first-order valence-corrected chi connectivity index (χ1v) is 6.89. The number of carbonyl (C=O) groups is 1. The van der Waals surface area contributed by atoms with E-state index in [9.17, 15) is 14.9 Å². The van der Waals surface area contributed by atoms with Gasteiger partial charge in [0.25, 0.3) is 5.69 Å². The van der Waals surface area contributed by atoms with Crippen LogP contribution in [-0.4, -0.2) is 28.1 Å². The van der Waals surface area contributed by atoms with Crippen molar-refractivity contribution < 1.29 is 14.8 Å². The van der Waals surface area contributed by atoms with Gasteiger partial charge in [-0.2, -0.15) is 0 Å². The van der Waals surface area contributed by atoms with Crippen LogP contribution in [0.1, 0.15) is 43.5 Å². The average Bonchev–Trinajstić information content (AvgIpc) is 2.85. The van der Waals surface area contributed by atoms with Gasteiger partial charge in [0.2, 0.25) is 0 Å². The number of nitro groups is 1. The zero-order valence-electron chi connectivity index (χ0n) is 12.4. The lowest BCUT2D eigenvalue weighted by molar-refractivity contribution is -0.384. The molecule has 21 heavy (non-hydrogen) atoms. The van der Waals surface area contributed by atoms with Gasteiger partial charge >= 0.3 is 5.97 Å². The highest BCUT2D eigenvalue weighted by Gasteiger charge is 2.16. The normalized spacial score (nSPS) is 19.6. The number of rotatable bonds is 2. The van der Waals surface area contributed by atoms with E-state index in [1.807, 2.05) is 13.8 Å². The molecule has 0 aromatic heterocycles. The topological polar surface area (TPSA) is 132 Å². The molecule has 7 nitrogen and oxygen atoms in total. The van der Waals surface area contributed by atoms with E-state index in [4.69, 9.17) is 16.6 Å². The maximum Gasteiger partial charge on any atom is 0.335 e. The van der Waals surface area contributed by atoms with Gasteiger partial charge in [0.15, 0.2) is 0 Å².